The number of nitrogens with one attached hydrogen (secondary N) is 1. The fourth-order valence-electron chi connectivity index (χ4n) is 6.49. The number of halogens is 2. The van der Waals surface area contributed by atoms with Crippen molar-refractivity contribution in [2.45, 2.75) is 46.2 Å². The molecule has 6 nitrogen and oxygen atoms in total. The van der Waals surface area contributed by atoms with Crippen molar-refractivity contribution in [3.8, 4) is 11.1 Å². The summed E-state index contributed by atoms with van der Waals surface area (Å²) in [7, 11) is 0. The first-order chi connectivity index (χ1) is 18.9. The summed E-state index contributed by atoms with van der Waals surface area (Å²) in [5.74, 6) is -4.53. The van der Waals surface area contributed by atoms with Crippen molar-refractivity contribution >= 4 is 17.8 Å². The monoisotopic (exact) mass is 546 g/mol. The third-order valence-corrected chi connectivity index (χ3v) is 8.66. The van der Waals surface area contributed by atoms with E-state index in [2.05, 4.69) is 5.32 Å². The summed E-state index contributed by atoms with van der Waals surface area (Å²) >= 11 is 0. The molecule has 2 N–H and O–H groups in total. The Labute approximate surface area is 232 Å². The first-order valence-corrected chi connectivity index (χ1v) is 13.4. The summed E-state index contributed by atoms with van der Waals surface area (Å²) in [6, 6.07) is 14.5. The number of amides is 2. The van der Waals surface area contributed by atoms with Crippen LogP contribution in [0.4, 0.5) is 8.78 Å². The van der Waals surface area contributed by atoms with Gasteiger partial charge in [0.1, 0.15) is 6.04 Å². The van der Waals surface area contributed by atoms with Gasteiger partial charge in [-0.3, -0.25) is 14.4 Å². The Morgan fingerprint density at radius 1 is 1.02 bits per heavy atom. The van der Waals surface area contributed by atoms with E-state index in [1.54, 1.807) is 30.3 Å². The third kappa shape index (κ3) is 4.76. The second kappa shape index (κ2) is 10.2. The molecule has 0 aromatic heterocycles. The summed E-state index contributed by atoms with van der Waals surface area (Å²) in [5, 5.41) is 12.4. The summed E-state index contributed by atoms with van der Waals surface area (Å²) in [4.78, 5) is 40.6. The van der Waals surface area contributed by atoms with Crippen LogP contribution < -0.4 is 5.32 Å². The van der Waals surface area contributed by atoms with E-state index in [9.17, 15) is 23.9 Å². The first-order valence-electron chi connectivity index (χ1n) is 13.4. The van der Waals surface area contributed by atoms with Gasteiger partial charge in [-0.2, -0.15) is 0 Å². The van der Waals surface area contributed by atoms with Crippen molar-refractivity contribution in [1.29, 1.82) is 0 Å². The van der Waals surface area contributed by atoms with Crippen LogP contribution in [0, 0.1) is 42.7 Å². The van der Waals surface area contributed by atoms with Crippen LogP contribution in [0.3, 0.4) is 0 Å². The normalized spacial score (nSPS) is 21.4. The minimum absolute atomic E-state index is 0.107. The van der Waals surface area contributed by atoms with Gasteiger partial charge in [0.05, 0.1) is 12.5 Å². The Bertz CT molecular complexity index is 1480. The molecule has 5 rings (SSSR count). The van der Waals surface area contributed by atoms with Crippen molar-refractivity contribution in [1.82, 2.24) is 10.2 Å². The van der Waals surface area contributed by atoms with Gasteiger partial charge in [-0.25, -0.2) is 8.78 Å². The molecule has 1 unspecified atom stereocenters. The SMILES string of the molecule is Cc1cccc(C)c1-c1cc(F)c(F)c([C@H](CC(=O)O)NC(=O)[C@@H]2[C@@H]3C(CN2C(=O)c2ccccc2)C3(C)C)c1. The van der Waals surface area contributed by atoms with E-state index >= 15 is 4.39 Å². The number of nitrogens with zero attached hydrogens (tertiary/aromatic N) is 1. The Hall–Kier alpha value is -4.07. The van der Waals surface area contributed by atoms with Gasteiger partial charge >= 0.3 is 5.97 Å². The van der Waals surface area contributed by atoms with Gasteiger partial charge in [0.25, 0.3) is 5.91 Å². The van der Waals surface area contributed by atoms with Crippen molar-refractivity contribution < 1.29 is 28.3 Å². The van der Waals surface area contributed by atoms with E-state index in [0.717, 1.165) is 17.2 Å². The first kappa shape index (κ1) is 27.5. The molecule has 1 aliphatic carbocycles. The van der Waals surface area contributed by atoms with Crippen LogP contribution in [0.25, 0.3) is 11.1 Å². The molecular formula is C32H32F2N2O4. The number of carboxylic acid groups (broad SMARTS) is 1. The van der Waals surface area contributed by atoms with Crippen LogP contribution in [-0.2, 0) is 9.59 Å². The molecule has 2 amide bonds. The number of carbonyl (C=O) groups excluding carboxylic acids is 2. The van der Waals surface area contributed by atoms with E-state index in [-0.39, 0.29) is 28.7 Å². The van der Waals surface area contributed by atoms with Gasteiger partial charge < -0.3 is 15.3 Å². The molecule has 40 heavy (non-hydrogen) atoms. The Morgan fingerprint density at radius 3 is 2.30 bits per heavy atom. The lowest BCUT2D eigenvalue weighted by Crippen LogP contribution is -2.50. The number of rotatable bonds is 7. The maximum atomic E-state index is 15.3. The van der Waals surface area contributed by atoms with Gasteiger partial charge in [-0.15, -0.1) is 0 Å². The zero-order chi connectivity index (χ0) is 28.9. The second-order valence-corrected chi connectivity index (χ2v) is 11.5. The molecular weight excluding hydrogens is 514 g/mol. The van der Waals surface area contributed by atoms with Gasteiger partial charge in [-0.1, -0.05) is 50.2 Å². The molecule has 8 heteroatoms. The van der Waals surface area contributed by atoms with Crippen molar-refractivity contribution in [2.24, 2.45) is 17.3 Å². The molecule has 4 atom stereocenters. The molecule has 0 bridgehead atoms. The third-order valence-electron chi connectivity index (χ3n) is 8.66. The van der Waals surface area contributed by atoms with Gasteiger partial charge in [0.2, 0.25) is 5.91 Å². The summed E-state index contributed by atoms with van der Waals surface area (Å²) in [6.07, 6.45) is -0.658. The number of piperidine rings is 1. The number of hydrogen-bond acceptors (Lipinski definition) is 3. The minimum Gasteiger partial charge on any atom is -0.481 e. The number of fused-ring (bicyclic) bond motifs is 1. The predicted molar refractivity (Wildman–Crippen MR) is 146 cm³/mol. The minimum atomic E-state index is -1.35. The number of carboxylic acids is 1. The maximum absolute atomic E-state index is 15.3. The Balaban J connectivity index is 1.51. The van der Waals surface area contributed by atoms with Crippen LogP contribution in [0.1, 0.15) is 53.4 Å². The second-order valence-electron chi connectivity index (χ2n) is 11.5. The fourth-order valence-corrected chi connectivity index (χ4v) is 6.49. The average molecular weight is 547 g/mol. The van der Waals surface area contributed by atoms with E-state index < -0.39 is 42.0 Å². The topological polar surface area (TPSA) is 86.7 Å². The van der Waals surface area contributed by atoms with E-state index in [4.69, 9.17) is 0 Å². The molecule has 1 heterocycles. The number of carbonyl (C=O) groups is 3. The van der Waals surface area contributed by atoms with Gasteiger partial charge in [0, 0.05) is 17.7 Å². The van der Waals surface area contributed by atoms with E-state index in [1.165, 1.54) is 11.0 Å². The highest BCUT2D eigenvalue weighted by molar-refractivity contribution is 5.98. The lowest BCUT2D eigenvalue weighted by atomic mass is 9.91. The quantitative estimate of drug-likeness (QED) is 0.399. The number of hydrogen-bond donors (Lipinski definition) is 2. The van der Waals surface area contributed by atoms with Crippen molar-refractivity contribution in [3.63, 3.8) is 0 Å². The molecule has 0 spiro atoms. The molecule has 1 saturated carbocycles. The zero-order valence-electron chi connectivity index (χ0n) is 22.9. The Kier molecular flexibility index (Phi) is 6.98. The molecule has 1 aliphatic heterocycles. The fraction of sp³-hybridized carbons (Fsp3) is 0.344. The lowest BCUT2D eigenvalue weighted by Gasteiger charge is -2.31. The molecule has 2 fully saturated rings. The summed E-state index contributed by atoms with van der Waals surface area (Å²) < 4.78 is 30.2. The van der Waals surface area contributed by atoms with Crippen molar-refractivity contribution in [3.05, 3.63) is 94.6 Å². The van der Waals surface area contributed by atoms with Gasteiger partial charge in [0.15, 0.2) is 11.6 Å². The zero-order valence-corrected chi connectivity index (χ0v) is 22.9. The highest BCUT2D eigenvalue weighted by Gasteiger charge is 2.69. The largest absolute Gasteiger partial charge is 0.481 e. The molecule has 3 aromatic rings. The molecule has 0 radical (unpaired) electrons. The average Bonchev–Trinajstić information content (AvgIpc) is 3.22. The van der Waals surface area contributed by atoms with Crippen LogP contribution in [0.15, 0.2) is 60.7 Å². The molecule has 208 valence electrons. The van der Waals surface area contributed by atoms with Crippen molar-refractivity contribution in [2.75, 3.05) is 6.54 Å². The molecule has 2 aliphatic rings. The highest BCUT2D eigenvalue weighted by atomic mass is 19.2. The van der Waals surface area contributed by atoms with E-state index in [1.807, 2.05) is 45.9 Å². The lowest BCUT2D eigenvalue weighted by molar-refractivity contribution is -0.138. The number of likely N-dealkylation sites (tertiary alicyclic amines) is 1. The van der Waals surface area contributed by atoms with Gasteiger partial charge in [-0.05, 0) is 77.6 Å². The summed E-state index contributed by atoms with van der Waals surface area (Å²) in [5.41, 5.74) is 2.80. The highest BCUT2D eigenvalue weighted by Crippen LogP contribution is 2.65. The maximum Gasteiger partial charge on any atom is 0.305 e. The van der Waals surface area contributed by atoms with Crippen LogP contribution in [0.2, 0.25) is 0 Å². The molecule has 3 aromatic carbocycles. The Morgan fingerprint density at radius 2 is 1.68 bits per heavy atom. The number of benzene rings is 3. The predicted octanol–water partition coefficient (Wildman–Crippen LogP) is 5.68. The van der Waals surface area contributed by atoms with Crippen LogP contribution in [-0.4, -0.2) is 40.4 Å². The van der Waals surface area contributed by atoms with Crippen LogP contribution >= 0.6 is 0 Å². The number of aliphatic carboxylic acids is 1. The van der Waals surface area contributed by atoms with E-state index in [0.29, 0.717) is 23.2 Å². The summed E-state index contributed by atoms with van der Waals surface area (Å²) in [6.45, 7) is 8.16. The number of aryl methyl sites for hydroxylation is 2. The standard InChI is InChI=1S/C32H32F2N2O4/c1-17-9-8-10-18(2)26(17)20-13-21(28(34)23(33)14-20)24(15-25(37)38)35-30(39)29-27-22(32(27,3)4)16-36(29)31(40)19-11-6-5-7-12-19/h5-14,22,24,27,29H,15-16H2,1-4H3,(H,35,39)(H,37,38)/t22?,24-,27-,29-/m0/s1. The smallest absolute Gasteiger partial charge is 0.305 e. The molecule has 1 saturated heterocycles. The van der Waals surface area contributed by atoms with Crippen LogP contribution in [0.5, 0.6) is 0 Å².